The number of ether oxygens (including phenoxy) is 1. The molecular weight excluding hydrogens is 304 g/mol. The van der Waals surface area contributed by atoms with Crippen molar-refractivity contribution in [1.29, 1.82) is 0 Å². The number of carbonyl (C=O) groups is 1. The quantitative estimate of drug-likeness (QED) is 0.847. The van der Waals surface area contributed by atoms with Gasteiger partial charge in [-0.2, -0.15) is 5.10 Å². The number of hydrogen-bond acceptors (Lipinski definition) is 4. The lowest BCUT2D eigenvalue weighted by Crippen LogP contribution is -2.46. The van der Waals surface area contributed by atoms with Gasteiger partial charge >= 0.3 is 0 Å². The number of amides is 1. The minimum Gasteiger partial charge on any atom is -0.475 e. The molecular formula is C18H24N4O2. The highest BCUT2D eigenvalue weighted by Gasteiger charge is 2.28. The maximum absolute atomic E-state index is 12.9. The molecule has 0 saturated carbocycles. The largest absolute Gasteiger partial charge is 0.475 e. The fourth-order valence-electron chi connectivity index (χ4n) is 3.07. The molecule has 0 spiro atoms. The molecule has 0 radical (unpaired) electrons. The molecule has 6 nitrogen and oxygen atoms in total. The highest BCUT2D eigenvalue weighted by Crippen LogP contribution is 2.21. The molecule has 2 aromatic heterocycles. The summed E-state index contributed by atoms with van der Waals surface area (Å²) in [5.74, 6) is 0.587. The first kappa shape index (κ1) is 16.5. The fourth-order valence-corrected chi connectivity index (χ4v) is 3.07. The second-order valence-corrected chi connectivity index (χ2v) is 6.43. The van der Waals surface area contributed by atoms with Gasteiger partial charge in [0.2, 0.25) is 5.88 Å². The lowest BCUT2D eigenvalue weighted by Gasteiger charge is -2.35. The SMILES string of the molecule is CC(C)Oc1ccc(C(=O)N2CCCC[C@@H]2Cn2cccn2)cn1. The van der Waals surface area contributed by atoms with Crippen LogP contribution in [0.5, 0.6) is 5.88 Å². The van der Waals surface area contributed by atoms with Crippen molar-refractivity contribution in [1.82, 2.24) is 19.7 Å². The molecule has 24 heavy (non-hydrogen) atoms. The smallest absolute Gasteiger partial charge is 0.255 e. The Hall–Kier alpha value is -2.37. The molecule has 0 bridgehead atoms. The number of carbonyl (C=O) groups excluding carboxylic acids is 1. The van der Waals surface area contributed by atoms with E-state index < -0.39 is 0 Å². The topological polar surface area (TPSA) is 60.2 Å². The molecule has 1 amide bonds. The molecule has 0 N–H and O–H groups in total. The number of hydrogen-bond donors (Lipinski definition) is 0. The number of nitrogens with zero attached hydrogens (tertiary/aromatic N) is 4. The Balaban J connectivity index is 1.71. The highest BCUT2D eigenvalue weighted by molar-refractivity contribution is 5.94. The van der Waals surface area contributed by atoms with Gasteiger partial charge in [0.15, 0.2) is 0 Å². The molecule has 2 aromatic rings. The second kappa shape index (κ2) is 7.47. The van der Waals surface area contributed by atoms with Crippen molar-refractivity contribution in [2.24, 2.45) is 0 Å². The zero-order valence-electron chi connectivity index (χ0n) is 14.3. The van der Waals surface area contributed by atoms with Gasteiger partial charge in [-0.05, 0) is 45.2 Å². The number of pyridine rings is 1. The first-order chi connectivity index (χ1) is 11.6. The summed E-state index contributed by atoms with van der Waals surface area (Å²) in [5, 5.41) is 4.27. The monoisotopic (exact) mass is 328 g/mol. The van der Waals surface area contributed by atoms with Gasteiger partial charge in [-0.1, -0.05) is 0 Å². The van der Waals surface area contributed by atoms with Crippen molar-refractivity contribution in [3.8, 4) is 5.88 Å². The minimum atomic E-state index is 0.0375. The van der Waals surface area contributed by atoms with Crippen molar-refractivity contribution >= 4 is 5.91 Å². The first-order valence-electron chi connectivity index (χ1n) is 8.54. The van der Waals surface area contributed by atoms with Gasteiger partial charge in [0.05, 0.1) is 24.3 Å². The van der Waals surface area contributed by atoms with Gasteiger partial charge in [0, 0.05) is 31.2 Å². The van der Waals surface area contributed by atoms with Crippen LogP contribution in [0.25, 0.3) is 0 Å². The van der Waals surface area contributed by atoms with Crippen LogP contribution in [0.3, 0.4) is 0 Å². The van der Waals surface area contributed by atoms with Crippen molar-refractivity contribution < 1.29 is 9.53 Å². The van der Waals surface area contributed by atoms with Crippen LogP contribution < -0.4 is 4.74 Å². The van der Waals surface area contributed by atoms with E-state index in [4.69, 9.17) is 4.74 Å². The third-order valence-electron chi connectivity index (χ3n) is 4.18. The summed E-state index contributed by atoms with van der Waals surface area (Å²) in [4.78, 5) is 19.1. The van der Waals surface area contributed by atoms with E-state index in [2.05, 4.69) is 10.1 Å². The van der Waals surface area contributed by atoms with Crippen LogP contribution in [0, 0.1) is 0 Å². The molecule has 0 unspecified atom stereocenters. The zero-order valence-corrected chi connectivity index (χ0v) is 14.3. The summed E-state index contributed by atoms with van der Waals surface area (Å²) >= 11 is 0. The van der Waals surface area contributed by atoms with Crippen LogP contribution in [0.2, 0.25) is 0 Å². The van der Waals surface area contributed by atoms with E-state index in [1.807, 2.05) is 35.7 Å². The molecule has 0 aliphatic carbocycles. The Morgan fingerprint density at radius 3 is 2.92 bits per heavy atom. The molecule has 1 aliphatic heterocycles. The lowest BCUT2D eigenvalue weighted by atomic mass is 10.0. The second-order valence-electron chi connectivity index (χ2n) is 6.43. The standard InChI is InChI=1S/C18H24N4O2/c1-14(2)24-17-8-7-15(12-19-17)18(23)22-11-4-3-6-16(22)13-21-10-5-9-20-21/h5,7-10,12,14,16H,3-4,6,11,13H2,1-2H3/t16-/m1/s1. The predicted molar refractivity (Wildman–Crippen MR) is 90.9 cm³/mol. The maximum Gasteiger partial charge on any atom is 0.255 e. The summed E-state index contributed by atoms with van der Waals surface area (Å²) < 4.78 is 7.43. The maximum atomic E-state index is 12.9. The van der Waals surface area contributed by atoms with E-state index >= 15 is 0 Å². The Kier molecular flexibility index (Phi) is 5.13. The summed E-state index contributed by atoms with van der Waals surface area (Å²) in [6.45, 7) is 5.43. The third kappa shape index (κ3) is 3.93. The molecule has 1 saturated heterocycles. The summed E-state index contributed by atoms with van der Waals surface area (Å²) in [5.41, 5.74) is 0.610. The fraction of sp³-hybridized carbons (Fsp3) is 0.500. The zero-order chi connectivity index (χ0) is 16.9. The van der Waals surface area contributed by atoms with E-state index in [-0.39, 0.29) is 18.1 Å². The molecule has 1 aliphatic rings. The Morgan fingerprint density at radius 1 is 1.38 bits per heavy atom. The third-order valence-corrected chi connectivity index (χ3v) is 4.18. The van der Waals surface area contributed by atoms with Crippen molar-refractivity contribution in [3.05, 3.63) is 42.4 Å². The van der Waals surface area contributed by atoms with Gasteiger partial charge in [-0.3, -0.25) is 9.48 Å². The van der Waals surface area contributed by atoms with E-state index in [0.29, 0.717) is 11.4 Å². The van der Waals surface area contributed by atoms with E-state index in [0.717, 1.165) is 32.4 Å². The van der Waals surface area contributed by atoms with Crippen LogP contribution in [0.1, 0.15) is 43.5 Å². The average molecular weight is 328 g/mol. The molecule has 128 valence electrons. The minimum absolute atomic E-state index is 0.0375. The van der Waals surface area contributed by atoms with Crippen LogP contribution in [-0.2, 0) is 6.54 Å². The van der Waals surface area contributed by atoms with Crippen molar-refractivity contribution in [2.45, 2.75) is 51.8 Å². The normalized spacial score (nSPS) is 18.0. The van der Waals surface area contributed by atoms with Gasteiger partial charge in [-0.25, -0.2) is 4.98 Å². The Labute approximate surface area is 142 Å². The van der Waals surface area contributed by atoms with Crippen molar-refractivity contribution in [3.63, 3.8) is 0 Å². The molecule has 1 atom stereocenters. The number of rotatable bonds is 5. The average Bonchev–Trinajstić information content (AvgIpc) is 3.08. The number of likely N-dealkylation sites (tertiary alicyclic amines) is 1. The summed E-state index contributed by atoms with van der Waals surface area (Å²) in [6, 6.07) is 5.65. The lowest BCUT2D eigenvalue weighted by molar-refractivity contribution is 0.0583. The van der Waals surface area contributed by atoms with Crippen LogP contribution in [-0.4, -0.2) is 44.3 Å². The highest BCUT2D eigenvalue weighted by atomic mass is 16.5. The van der Waals surface area contributed by atoms with E-state index in [1.165, 1.54) is 0 Å². The molecule has 3 rings (SSSR count). The molecule has 3 heterocycles. The first-order valence-corrected chi connectivity index (χ1v) is 8.54. The van der Waals surface area contributed by atoms with Gasteiger partial charge in [-0.15, -0.1) is 0 Å². The van der Waals surface area contributed by atoms with Gasteiger partial charge in [0.1, 0.15) is 0 Å². The summed E-state index contributed by atoms with van der Waals surface area (Å²) in [7, 11) is 0. The van der Waals surface area contributed by atoms with Crippen LogP contribution >= 0.6 is 0 Å². The van der Waals surface area contributed by atoms with Crippen LogP contribution in [0.15, 0.2) is 36.8 Å². The van der Waals surface area contributed by atoms with E-state index in [1.54, 1.807) is 24.5 Å². The molecule has 6 heteroatoms. The van der Waals surface area contributed by atoms with Crippen LogP contribution in [0.4, 0.5) is 0 Å². The van der Waals surface area contributed by atoms with E-state index in [9.17, 15) is 4.79 Å². The number of aromatic nitrogens is 3. The van der Waals surface area contributed by atoms with Crippen molar-refractivity contribution in [2.75, 3.05) is 6.54 Å². The molecule has 1 fully saturated rings. The Morgan fingerprint density at radius 2 is 2.25 bits per heavy atom. The molecule has 0 aromatic carbocycles. The predicted octanol–water partition coefficient (Wildman–Crippen LogP) is 2.76. The Bertz CT molecular complexity index is 652. The van der Waals surface area contributed by atoms with Gasteiger partial charge in [0.25, 0.3) is 5.91 Å². The number of piperidine rings is 1. The van der Waals surface area contributed by atoms with Gasteiger partial charge < -0.3 is 9.64 Å². The summed E-state index contributed by atoms with van der Waals surface area (Å²) in [6.07, 6.45) is 8.59.